The summed E-state index contributed by atoms with van der Waals surface area (Å²) in [6.07, 6.45) is 4.18. The Kier molecular flexibility index (Phi) is 2.26. The second-order valence-corrected chi connectivity index (χ2v) is 4.26. The van der Waals surface area contributed by atoms with Gasteiger partial charge in [-0.3, -0.25) is 4.79 Å². The number of carbonyl (C=O) groups is 1. The maximum Gasteiger partial charge on any atom is 0.141 e. The Morgan fingerprint density at radius 2 is 2.33 bits per heavy atom. The van der Waals surface area contributed by atoms with Crippen LogP contribution in [0.4, 0.5) is 0 Å². The van der Waals surface area contributed by atoms with Crippen LogP contribution in [0.2, 0.25) is 0 Å². The van der Waals surface area contributed by atoms with Crippen LogP contribution >= 0.6 is 11.3 Å². The lowest BCUT2D eigenvalue weighted by molar-refractivity contribution is -0.121. The molecule has 0 aliphatic heterocycles. The summed E-state index contributed by atoms with van der Waals surface area (Å²) in [7, 11) is 0. The van der Waals surface area contributed by atoms with Gasteiger partial charge < -0.3 is 0 Å². The summed E-state index contributed by atoms with van der Waals surface area (Å²) in [5.41, 5.74) is 0. The fraction of sp³-hybridized carbons (Fsp3) is 0.500. The van der Waals surface area contributed by atoms with Crippen LogP contribution in [0.5, 0.6) is 0 Å². The second kappa shape index (κ2) is 3.40. The molecule has 1 atom stereocenters. The van der Waals surface area contributed by atoms with Gasteiger partial charge in [-0.15, -0.1) is 11.3 Å². The lowest BCUT2D eigenvalue weighted by Crippen LogP contribution is -2.15. The predicted octanol–water partition coefficient (Wildman–Crippen LogP) is 2.97. The Hall–Kier alpha value is -0.630. The maximum atomic E-state index is 11.5. The Morgan fingerprint density at radius 1 is 1.42 bits per heavy atom. The van der Waals surface area contributed by atoms with E-state index in [1.807, 2.05) is 6.07 Å². The average molecular weight is 180 g/mol. The van der Waals surface area contributed by atoms with Gasteiger partial charge in [0, 0.05) is 11.3 Å². The standard InChI is InChI=1S/C10H12OS/c11-9-5-2-1-4-8(9)10-6-3-7-12-10/h3,6-8H,1-2,4-5H2/t8-/m0/s1. The van der Waals surface area contributed by atoms with Gasteiger partial charge in [0.05, 0.1) is 5.92 Å². The van der Waals surface area contributed by atoms with Gasteiger partial charge in [-0.05, 0) is 24.3 Å². The van der Waals surface area contributed by atoms with E-state index in [9.17, 15) is 4.79 Å². The minimum absolute atomic E-state index is 0.235. The molecule has 0 spiro atoms. The van der Waals surface area contributed by atoms with Gasteiger partial charge >= 0.3 is 0 Å². The molecule has 0 radical (unpaired) electrons. The van der Waals surface area contributed by atoms with E-state index in [1.54, 1.807) is 11.3 Å². The number of rotatable bonds is 1. The minimum atomic E-state index is 0.235. The van der Waals surface area contributed by atoms with Crippen LogP contribution in [0.15, 0.2) is 17.5 Å². The molecule has 1 heterocycles. The highest BCUT2D eigenvalue weighted by Crippen LogP contribution is 2.32. The number of ketones is 1. The van der Waals surface area contributed by atoms with E-state index in [-0.39, 0.29) is 5.92 Å². The highest BCUT2D eigenvalue weighted by Gasteiger charge is 2.23. The van der Waals surface area contributed by atoms with Gasteiger partial charge in [-0.1, -0.05) is 12.5 Å². The first-order chi connectivity index (χ1) is 5.88. The smallest absolute Gasteiger partial charge is 0.141 e. The van der Waals surface area contributed by atoms with Crippen molar-refractivity contribution < 1.29 is 4.79 Å². The van der Waals surface area contributed by atoms with Crippen molar-refractivity contribution in [1.82, 2.24) is 0 Å². The Bertz CT molecular complexity index is 263. The van der Waals surface area contributed by atoms with Crippen LogP contribution in [0.3, 0.4) is 0 Å². The molecule has 2 rings (SSSR count). The first-order valence-corrected chi connectivity index (χ1v) is 5.32. The van der Waals surface area contributed by atoms with Crippen molar-refractivity contribution in [2.45, 2.75) is 31.6 Å². The highest BCUT2D eigenvalue weighted by atomic mass is 32.1. The molecule has 0 bridgehead atoms. The van der Waals surface area contributed by atoms with Crippen molar-refractivity contribution in [3.63, 3.8) is 0 Å². The molecule has 0 N–H and O–H groups in total. The molecule has 1 aromatic heterocycles. The van der Waals surface area contributed by atoms with E-state index in [4.69, 9.17) is 0 Å². The molecule has 1 aromatic rings. The first kappa shape index (κ1) is 7.99. The summed E-state index contributed by atoms with van der Waals surface area (Å²) in [6, 6.07) is 4.11. The fourth-order valence-corrected chi connectivity index (χ4v) is 2.66. The molecule has 1 saturated carbocycles. The summed E-state index contributed by atoms with van der Waals surface area (Å²) >= 11 is 1.71. The lowest BCUT2D eigenvalue weighted by Gasteiger charge is -2.18. The number of Topliss-reactive ketones (excluding diaryl/α,β-unsaturated/α-hetero) is 1. The molecule has 0 amide bonds. The Labute approximate surface area is 76.4 Å². The van der Waals surface area contributed by atoms with Crippen LogP contribution in [0.1, 0.15) is 36.5 Å². The van der Waals surface area contributed by atoms with Crippen LogP contribution in [-0.2, 0) is 4.79 Å². The summed E-state index contributed by atoms with van der Waals surface area (Å²) < 4.78 is 0. The van der Waals surface area contributed by atoms with Crippen molar-refractivity contribution in [2.75, 3.05) is 0 Å². The highest BCUT2D eigenvalue weighted by molar-refractivity contribution is 7.10. The van der Waals surface area contributed by atoms with E-state index in [1.165, 1.54) is 11.3 Å². The number of carbonyl (C=O) groups excluding carboxylic acids is 1. The van der Waals surface area contributed by atoms with Crippen LogP contribution in [0, 0.1) is 0 Å². The van der Waals surface area contributed by atoms with E-state index >= 15 is 0 Å². The zero-order valence-corrected chi connectivity index (χ0v) is 7.77. The van der Waals surface area contributed by atoms with Gasteiger partial charge in [-0.25, -0.2) is 0 Å². The zero-order valence-electron chi connectivity index (χ0n) is 6.95. The number of hydrogen-bond acceptors (Lipinski definition) is 2. The Morgan fingerprint density at radius 3 is 3.00 bits per heavy atom. The normalized spacial score (nSPS) is 24.3. The molecule has 1 fully saturated rings. The van der Waals surface area contributed by atoms with Crippen molar-refractivity contribution >= 4 is 17.1 Å². The first-order valence-electron chi connectivity index (χ1n) is 4.44. The third kappa shape index (κ3) is 1.44. The van der Waals surface area contributed by atoms with Gasteiger partial charge in [0.15, 0.2) is 0 Å². The molecular formula is C10H12OS. The number of hydrogen-bond donors (Lipinski definition) is 0. The number of thiophene rings is 1. The van der Waals surface area contributed by atoms with E-state index in [0.717, 1.165) is 19.3 Å². The van der Waals surface area contributed by atoms with E-state index in [0.29, 0.717) is 5.78 Å². The van der Waals surface area contributed by atoms with Crippen molar-refractivity contribution in [3.05, 3.63) is 22.4 Å². The van der Waals surface area contributed by atoms with Crippen molar-refractivity contribution in [1.29, 1.82) is 0 Å². The van der Waals surface area contributed by atoms with Crippen LogP contribution < -0.4 is 0 Å². The molecule has 1 aliphatic rings. The predicted molar refractivity (Wildman–Crippen MR) is 50.5 cm³/mol. The maximum absolute atomic E-state index is 11.5. The summed E-state index contributed by atoms with van der Waals surface area (Å²) in [4.78, 5) is 12.8. The zero-order chi connectivity index (χ0) is 8.39. The van der Waals surface area contributed by atoms with E-state index < -0.39 is 0 Å². The summed E-state index contributed by atoms with van der Waals surface area (Å²) in [5, 5.41) is 2.05. The molecule has 0 aromatic carbocycles. The third-order valence-electron chi connectivity index (χ3n) is 2.44. The van der Waals surface area contributed by atoms with Gasteiger partial charge in [-0.2, -0.15) is 0 Å². The average Bonchev–Trinajstić information content (AvgIpc) is 2.57. The molecular weight excluding hydrogens is 168 g/mol. The topological polar surface area (TPSA) is 17.1 Å². The molecule has 1 nitrogen and oxygen atoms in total. The largest absolute Gasteiger partial charge is 0.299 e. The molecule has 0 saturated heterocycles. The molecule has 2 heteroatoms. The Balaban J connectivity index is 2.17. The van der Waals surface area contributed by atoms with Gasteiger partial charge in [0.1, 0.15) is 5.78 Å². The van der Waals surface area contributed by atoms with Gasteiger partial charge in [0.25, 0.3) is 0 Å². The minimum Gasteiger partial charge on any atom is -0.299 e. The fourth-order valence-electron chi connectivity index (χ4n) is 1.77. The summed E-state index contributed by atoms with van der Waals surface area (Å²) in [5.74, 6) is 0.683. The molecule has 64 valence electrons. The van der Waals surface area contributed by atoms with Gasteiger partial charge in [0.2, 0.25) is 0 Å². The quantitative estimate of drug-likeness (QED) is 0.649. The lowest BCUT2D eigenvalue weighted by atomic mass is 9.87. The SMILES string of the molecule is O=C1CCCC[C@@H]1c1cccs1. The van der Waals surface area contributed by atoms with Crippen molar-refractivity contribution in [2.24, 2.45) is 0 Å². The van der Waals surface area contributed by atoms with Crippen LogP contribution in [0.25, 0.3) is 0 Å². The summed E-state index contributed by atoms with van der Waals surface area (Å²) in [6.45, 7) is 0. The monoisotopic (exact) mass is 180 g/mol. The van der Waals surface area contributed by atoms with E-state index in [2.05, 4.69) is 11.4 Å². The third-order valence-corrected chi connectivity index (χ3v) is 3.43. The molecule has 1 aliphatic carbocycles. The van der Waals surface area contributed by atoms with Crippen molar-refractivity contribution in [3.8, 4) is 0 Å². The molecule has 0 unspecified atom stereocenters. The second-order valence-electron chi connectivity index (χ2n) is 3.28. The molecule has 12 heavy (non-hydrogen) atoms. The van der Waals surface area contributed by atoms with Crippen LogP contribution in [-0.4, -0.2) is 5.78 Å².